The fourth-order valence-electron chi connectivity index (χ4n) is 2.94. The molecule has 0 radical (unpaired) electrons. The molecule has 0 saturated carbocycles. The van der Waals surface area contributed by atoms with E-state index in [9.17, 15) is 0 Å². The fraction of sp³-hybridized carbons (Fsp3) is 0.500. The van der Waals surface area contributed by atoms with Gasteiger partial charge in [0.2, 0.25) is 0 Å². The van der Waals surface area contributed by atoms with E-state index in [2.05, 4.69) is 36.5 Å². The van der Waals surface area contributed by atoms with Crippen LogP contribution in [0.4, 0.5) is 0 Å². The molecule has 1 aromatic carbocycles. The summed E-state index contributed by atoms with van der Waals surface area (Å²) in [5.74, 6) is 1.93. The summed E-state index contributed by atoms with van der Waals surface area (Å²) < 4.78 is 17.0. The molecule has 1 N–H and O–H groups in total. The second kappa shape index (κ2) is 8.47. The average molecular weight is 329 g/mol. The van der Waals surface area contributed by atoms with E-state index >= 15 is 0 Å². The van der Waals surface area contributed by atoms with E-state index in [4.69, 9.17) is 13.9 Å². The Morgan fingerprint density at radius 3 is 2.71 bits per heavy atom. The van der Waals surface area contributed by atoms with Crippen LogP contribution in [0.5, 0.6) is 0 Å². The Kier molecular flexibility index (Phi) is 6.07. The highest BCUT2D eigenvalue weighted by molar-refractivity contribution is 5.23. The van der Waals surface area contributed by atoms with E-state index in [0.717, 1.165) is 44.1 Å². The molecule has 24 heavy (non-hydrogen) atoms. The molecule has 3 rings (SSSR count). The highest BCUT2D eigenvalue weighted by Gasteiger charge is 2.14. The predicted molar refractivity (Wildman–Crippen MR) is 93.8 cm³/mol. The maximum absolute atomic E-state index is 6.01. The summed E-state index contributed by atoms with van der Waals surface area (Å²) in [6.07, 6.45) is 2.34. The number of aryl methyl sites for hydroxylation is 1. The minimum Gasteiger partial charge on any atom is -0.465 e. The number of hydrogen-bond acceptors (Lipinski definition) is 4. The van der Waals surface area contributed by atoms with Crippen molar-refractivity contribution in [2.45, 2.75) is 52.0 Å². The fourth-order valence-corrected chi connectivity index (χ4v) is 2.94. The van der Waals surface area contributed by atoms with E-state index in [0.29, 0.717) is 12.7 Å². The lowest BCUT2D eigenvalue weighted by Crippen LogP contribution is -2.23. The number of benzene rings is 1. The van der Waals surface area contributed by atoms with Crippen molar-refractivity contribution in [3.8, 4) is 0 Å². The van der Waals surface area contributed by atoms with Crippen LogP contribution in [0.25, 0.3) is 0 Å². The van der Waals surface area contributed by atoms with Crippen LogP contribution in [-0.4, -0.2) is 19.3 Å². The van der Waals surface area contributed by atoms with E-state index in [-0.39, 0.29) is 6.04 Å². The minimum absolute atomic E-state index is 0.195. The van der Waals surface area contributed by atoms with Gasteiger partial charge in [0.05, 0.1) is 18.8 Å². The van der Waals surface area contributed by atoms with Gasteiger partial charge >= 0.3 is 0 Å². The van der Waals surface area contributed by atoms with Gasteiger partial charge in [0, 0.05) is 19.8 Å². The van der Waals surface area contributed by atoms with Crippen LogP contribution < -0.4 is 5.32 Å². The predicted octanol–water partition coefficient (Wildman–Crippen LogP) is 4.13. The summed E-state index contributed by atoms with van der Waals surface area (Å²) in [6.45, 7) is 7.21. The molecule has 0 amide bonds. The lowest BCUT2D eigenvalue weighted by atomic mass is 10.1. The molecule has 0 bridgehead atoms. The van der Waals surface area contributed by atoms with Crippen molar-refractivity contribution in [2.24, 2.45) is 0 Å². The summed E-state index contributed by atoms with van der Waals surface area (Å²) in [6, 6.07) is 12.8. The van der Waals surface area contributed by atoms with Gasteiger partial charge < -0.3 is 19.2 Å². The number of nitrogens with one attached hydrogen (secondary N) is 1. The molecule has 1 aliphatic heterocycles. The molecule has 4 heteroatoms. The van der Waals surface area contributed by atoms with Crippen molar-refractivity contribution < 1.29 is 13.9 Å². The number of furan rings is 1. The topological polar surface area (TPSA) is 43.6 Å². The van der Waals surface area contributed by atoms with Crippen LogP contribution in [0.15, 0.2) is 40.8 Å². The van der Waals surface area contributed by atoms with Crippen LogP contribution in [0.2, 0.25) is 0 Å². The zero-order valence-corrected chi connectivity index (χ0v) is 14.6. The third-order valence-corrected chi connectivity index (χ3v) is 4.45. The van der Waals surface area contributed by atoms with Crippen LogP contribution in [0.3, 0.4) is 0 Å². The molecule has 2 heterocycles. The van der Waals surface area contributed by atoms with Crippen molar-refractivity contribution >= 4 is 0 Å². The second-order valence-electron chi connectivity index (χ2n) is 6.49. The highest BCUT2D eigenvalue weighted by atomic mass is 16.5. The normalized spacial score (nSPS) is 17.1. The standard InChI is InChI=1S/C20H27NO3/c1-15-6-7-20(24-15)16(2)21-13-17-4-3-5-18(12-17)14-23-19-8-10-22-11-9-19/h3-7,12,16,19,21H,8-11,13-14H2,1-2H3. The number of hydrogen-bond donors (Lipinski definition) is 1. The molecule has 1 aromatic heterocycles. The summed E-state index contributed by atoms with van der Waals surface area (Å²) in [4.78, 5) is 0. The Balaban J connectivity index is 1.49. The van der Waals surface area contributed by atoms with E-state index in [1.165, 1.54) is 11.1 Å². The molecule has 1 atom stereocenters. The Hall–Kier alpha value is -1.62. The van der Waals surface area contributed by atoms with Gasteiger partial charge in [0.1, 0.15) is 11.5 Å². The largest absolute Gasteiger partial charge is 0.465 e. The lowest BCUT2D eigenvalue weighted by Gasteiger charge is -2.22. The quantitative estimate of drug-likeness (QED) is 0.829. The molecular formula is C20H27NO3. The van der Waals surface area contributed by atoms with Crippen LogP contribution in [0, 0.1) is 6.92 Å². The first-order chi connectivity index (χ1) is 11.7. The van der Waals surface area contributed by atoms with Crippen LogP contribution in [0.1, 0.15) is 48.5 Å². The molecule has 4 nitrogen and oxygen atoms in total. The van der Waals surface area contributed by atoms with Gasteiger partial charge in [-0.25, -0.2) is 0 Å². The maximum Gasteiger partial charge on any atom is 0.120 e. The third kappa shape index (κ3) is 4.94. The molecule has 130 valence electrons. The first-order valence-electron chi connectivity index (χ1n) is 8.77. The average Bonchev–Trinajstić information content (AvgIpc) is 3.06. The van der Waals surface area contributed by atoms with Crippen LogP contribution >= 0.6 is 0 Å². The zero-order chi connectivity index (χ0) is 16.8. The summed E-state index contributed by atoms with van der Waals surface area (Å²) in [7, 11) is 0. The second-order valence-corrected chi connectivity index (χ2v) is 6.49. The van der Waals surface area contributed by atoms with Gasteiger partial charge in [-0.15, -0.1) is 0 Å². The third-order valence-electron chi connectivity index (χ3n) is 4.45. The highest BCUT2D eigenvalue weighted by Crippen LogP contribution is 2.17. The first kappa shape index (κ1) is 17.2. The van der Waals surface area contributed by atoms with E-state index < -0.39 is 0 Å². The van der Waals surface area contributed by atoms with Crippen molar-refractivity contribution in [3.63, 3.8) is 0 Å². The Morgan fingerprint density at radius 2 is 1.96 bits per heavy atom. The smallest absolute Gasteiger partial charge is 0.120 e. The molecule has 2 aromatic rings. The van der Waals surface area contributed by atoms with Crippen LogP contribution in [-0.2, 0) is 22.6 Å². The maximum atomic E-state index is 6.01. The molecule has 0 aliphatic carbocycles. The minimum atomic E-state index is 0.195. The molecule has 1 unspecified atom stereocenters. The molecule has 0 spiro atoms. The van der Waals surface area contributed by atoms with Gasteiger partial charge in [-0.2, -0.15) is 0 Å². The van der Waals surface area contributed by atoms with E-state index in [1.807, 2.05) is 19.1 Å². The monoisotopic (exact) mass is 329 g/mol. The van der Waals surface area contributed by atoms with Crippen molar-refractivity contribution in [1.29, 1.82) is 0 Å². The molecule has 1 fully saturated rings. The Bertz CT molecular complexity index is 631. The van der Waals surface area contributed by atoms with Crippen molar-refractivity contribution in [2.75, 3.05) is 13.2 Å². The molecular weight excluding hydrogens is 302 g/mol. The van der Waals surface area contributed by atoms with Gasteiger partial charge in [0.25, 0.3) is 0 Å². The van der Waals surface area contributed by atoms with Gasteiger partial charge in [-0.05, 0) is 49.9 Å². The van der Waals surface area contributed by atoms with Gasteiger partial charge in [-0.3, -0.25) is 0 Å². The number of rotatable bonds is 7. The van der Waals surface area contributed by atoms with Gasteiger partial charge in [-0.1, -0.05) is 24.3 Å². The SMILES string of the molecule is Cc1ccc(C(C)NCc2cccc(COC3CCOCC3)c2)o1. The van der Waals surface area contributed by atoms with Crippen molar-refractivity contribution in [1.82, 2.24) is 5.32 Å². The van der Waals surface area contributed by atoms with Gasteiger partial charge in [0.15, 0.2) is 0 Å². The first-order valence-corrected chi connectivity index (χ1v) is 8.77. The van der Waals surface area contributed by atoms with E-state index in [1.54, 1.807) is 0 Å². The Labute approximate surface area is 144 Å². The summed E-state index contributed by atoms with van der Waals surface area (Å²) >= 11 is 0. The molecule has 1 saturated heterocycles. The zero-order valence-electron chi connectivity index (χ0n) is 14.6. The summed E-state index contributed by atoms with van der Waals surface area (Å²) in [5, 5.41) is 3.51. The van der Waals surface area contributed by atoms with Crippen molar-refractivity contribution in [3.05, 3.63) is 59.0 Å². The molecule has 1 aliphatic rings. The number of ether oxygens (including phenoxy) is 2. The summed E-state index contributed by atoms with van der Waals surface area (Å²) in [5.41, 5.74) is 2.49. The Morgan fingerprint density at radius 1 is 1.17 bits per heavy atom. The lowest BCUT2D eigenvalue weighted by molar-refractivity contribution is -0.0390.